The molecule has 2 amide bonds. The lowest BCUT2D eigenvalue weighted by Gasteiger charge is -2.61. The Hall–Kier alpha value is -1.14. The first kappa shape index (κ1) is 15.7. The monoisotopic (exact) mass is 323 g/mol. The number of carbonyl (C=O) groups is 1. The Balaban J connectivity index is 1.53. The molecule has 0 aliphatic heterocycles. The maximum Gasteiger partial charge on any atom is 0.317 e. The largest absolute Gasteiger partial charge is 0.378 e. The minimum absolute atomic E-state index is 0.00289. The van der Waals surface area contributed by atoms with E-state index in [4.69, 9.17) is 4.74 Å². The molecule has 0 unspecified atom stereocenters. The van der Waals surface area contributed by atoms with E-state index in [1.165, 1.54) is 19.3 Å². The summed E-state index contributed by atoms with van der Waals surface area (Å²) in [6.45, 7) is 5.35. The number of nitrogens with one attached hydrogen (secondary N) is 1. The van der Waals surface area contributed by atoms with Crippen molar-refractivity contribution < 1.29 is 9.53 Å². The molecule has 2 aliphatic rings. The second-order valence-electron chi connectivity index (χ2n) is 6.48. The number of aromatic nitrogens is 1. The Kier molecular flexibility index (Phi) is 4.41. The van der Waals surface area contributed by atoms with Gasteiger partial charge in [0.2, 0.25) is 0 Å². The Morgan fingerprint density at radius 1 is 1.59 bits per heavy atom. The Morgan fingerprint density at radius 2 is 2.36 bits per heavy atom. The number of thiazole rings is 1. The first-order valence-electron chi connectivity index (χ1n) is 8.09. The summed E-state index contributed by atoms with van der Waals surface area (Å²) < 4.78 is 5.83. The summed E-state index contributed by atoms with van der Waals surface area (Å²) in [6, 6.07) is 0.266. The van der Waals surface area contributed by atoms with Crippen molar-refractivity contribution in [2.45, 2.75) is 58.2 Å². The van der Waals surface area contributed by atoms with Crippen LogP contribution in [-0.4, -0.2) is 41.7 Å². The fraction of sp³-hybridized carbons (Fsp3) is 0.750. The molecule has 5 nitrogen and oxygen atoms in total. The topological polar surface area (TPSA) is 54.5 Å². The summed E-state index contributed by atoms with van der Waals surface area (Å²) in [5, 5.41) is 6.26. The first-order valence-corrected chi connectivity index (χ1v) is 8.97. The van der Waals surface area contributed by atoms with E-state index in [1.807, 2.05) is 26.3 Å². The molecule has 0 saturated heterocycles. The molecule has 2 fully saturated rings. The molecular formula is C16H25N3O2S. The third kappa shape index (κ3) is 2.74. The number of hydrogen-bond acceptors (Lipinski definition) is 4. The molecule has 1 aromatic heterocycles. The van der Waals surface area contributed by atoms with E-state index >= 15 is 0 Å². The second-order valence-corrected chi connectivity index (χ2v) is 7.54. The van der Waals surface area contributed by atoms with Crippen molar-refractivity contribution >= 4 is 17.4 Å². The van der Waals surface area contributed by atoms with Crippen LogP contribution in [0.1, 0.15) is 43.3 Å². The van der Waals surface area contributed by atoms with Crippen LogP contribution in [0.2, 0.25) is 0 Å². The Bertz CT molecular complexity index is 541. The number of urea groups is 1. The van der Waals surface area contributed by atoms with Crippen molar-refractivity contribution in [2.75, 3.05) is 13.7 Å². The van der Waals surface area contributed by atoms with Crippen LogP contribution >= 0.6 is 11.3 Å². The zero-order valence-corrected chi connectivity index (χ0v) is 14.4. The van der Waals surface area contributed by atoms with Crippen LogP contribution in [0.3, 0.4) is 0 Å². The summed E-state index contributed by atoms with van der Waals surface area (Å²) >= 11 is 1.62. The Morgan fingerprint density at radius 3 is 2.91 bits per heavy atom. The van der Waals surface area contributed by atoms with Crippen molar-refractivity contribution in [1.82, 2.24) is 15.2 Å². The van der Waals surface area contributed by atoms with Gasteiger partial charge in [-0.05, 0) is 33.1 Å². The highest BCUT2D eigenvalue weighted by atomic mass is 32.1. The third-order valence-corrected chi connectivity index (χ3v) is 5.97. The van der Waals surface area contributed by atoms with Crippen LogP contribution in [0.4, 0.5) is 4.79 Å². The van der Waals surface area contributed by atoms with Gasteiger partial charge >= 0.3 is 6.03 Å². The van der Waals surface area contributed by atoms with Gasteiger partial charge in [0.1, 0.15) is 0 Å². The van der Waals surface area contributed by atoms with Crippen LogP contribution < -0.4 is 5.32 Å². The molecule has 2 saturated carbocycles. The predicted octanol–water partition coefficient (Wildman–Crippen LogP) is 2.94. The van der Waals surface area contributed by atoms with Crippen molar-refractivity contribution in [3.8, 4) is 0 Å². The van der Waals surface area contributed by atoms with E-state index in [9.17, 15) is 4.79 Å². The molecule has 2 aliphatic carbocycles. The van der Waals surface area contributed by atoms with E-state index in [2.05, 4.69) is 10.3 Å². The molecule has 3 rings (SSSR count). The summed E-state index contributed by atoms with van der Waals surface area (Å²) in [5.41, 5.74) is 1.17. The molecule has 0 bridgehead atoms. The molecule has 1 aromatic rings. The lowest BCUT2D eigenvalue weighted by atomic mass is 9.51. The summed E-state index contributed by atoms with van der Waals surface area (Å²) in [5.74, 6) is 0. The number of rotatable bonds is 5. The van der Waals surface area contributed by atoms with Gasteiger partial charge in [0.15, 0.2) is 0 Å². The van der Waals surface area contributed by atoms with E-state index in [-0.39, 0.29) is 17.5 Å². The minimum atomic E-state index is -0.00289. The van der Waals surface area contributed by atoms with Crippen LogP contribution in [0, 0.1) is 12.3 Å². The van der Waals surface area contributed by atoms with Gasteiger partial charge in [-0.15, -0.1) is 11.3 Å². The van der Waals surface area contributed by atoms with Crippen molar-refractivity contribution in [2.24, 2.45) is 5.41 Å². The highest BCUT2D eigenvalue weighted by Crippen LogP contribution is 2.57. The van der Waals surface area contributed by atoms with Crippen LogP contribution in [0.25, 0.3) is 0 Å². The molecule has 6 heteroatoms. The molecule has 1 spiro atoms. The zero-order valence-electron chi connectivity index (χ0n) is 13.6. The quantitative estimate of drug-likeness (QED) is 0.906. The van der Waals surface area contributed by atoms with Gasteiger partial charge < -0.3 is 15.0 Å². The van der Waals surface area contributed by atoms with Gasteiger partial charge in [-0.25, -0.2) is 9.78 Å². The zero-order chi connectivity index (χ0) is 15.7. The minimum Gasteiger partial charge on any atom is -0.378 e. The SMILES string of the molecule is CCO[C@H]1C[C@H](NC(=O)N(C)Cc2csc(C)n2)C12CCC2. The van der Waals surface area contributed by atoms with E-state index in [1.54, 1.807) is 16.2 Å². The highest BCUT2D eigenvalue weighted by Gasteiger charge is 2.59. The number of nitrogens with zero attached hydrogens (tertiary/aromatic N) is 2. The normalized spacial score (nSPS) is 25.4. The van der Waals surface area contributed by atoms with E-state index in [0.29, 0.717) is 12.6 Å². The van der Waals surface area contributed by atoms with Crippen LogP contribution in [0.5, 0.6) is 0 Å². The van der Waals surface area contributed by atoms with Gasteiger partial charge in [-0.2, -0.15) is 0 Å². The summed E-state index contributed by atoms with van der Waals surface area (Å²) in [6.07, 6.45) is 4.89. The van der Waals surface area contributed by atoms with Gasteiger partial charge in [0.25, 0.3) is 0 Å². The average Bonchev–Trinajstić information content (AvgIpc) is 2.80. The van der Waals surface area contributed by atoms with Crippen LogP contribution in [-0.2, 0) is 11.3 Å². The van der Waals surface area contributed by atoms with Gasteiger partial charge in [0, 0.05) is 30.5 Å². The maximum absolute atomic E-state index is 12.4. The van der Waals surface area contributed by atoms with Gasteiger partial charge in [-0.3, -0.25) is 0 Å². The summed E-state index contributed by atoms with van der Waals surface area (Å²) in [4.78, 5) is 18.5. The first-order chi connectivity index (χ1) is 10.5. The molecule has 22 heavy (non-hydrogen) atoms. The predicted molar refractivity (Wildman–Crippen MR) is 87.0 cm³/mol. The fourth-order valence-corrected chi connectivity index (χ4v) is 4.30. The standard InChI is InChI=1S/C16H25N3O2S/c1-4-21-14-8-13(16(14)6-5-7-16)18-15(20)19(3)9-12-10-22-11(2)17-12/h10,13-14H,4-9H2,1-3H3,(H,18,20)/t13-,14-/m0/s1. The molecule has 0 radical (unpaired) electrons. The van der Waals surface area contributed by atoms with Gasteiger partial charge in [0.05, 0.1) is 23.4 Å². The third-order valence-electron chi connectivity index (χ3n) is 5.15. The number of ether oxygens (including phenoxy) is 1. The van der Waals surface area contributed by atoms with Gasteiger partial charge in [-0.1, -0.05) is 6.42 Å². The molecule has 1 N–H and O–H groups in total. The fourth-order valence-electron chi connectivity index (χ4n) is 3.70. The maximum atomic E-state index is 12.4. The lowest BCUT2D eigenvalue weighted by molar-refractivity contribution is -0.169. The number of amides is 2. The van der Waals surface area contributed by atoms with Crippen molar-refractivity contribution in [1.29, 1.82) is 0 Å². The molecule has 2 atom stereocenters. The smallest absolute Gasteiger partial charge is 0.317 e. The molecule has 0 aromatic carbocycles. The highest BCUT2D eigenvalue weighted by molar-refractivity contribution is 7.09. The molecule has 122 valence electrons. The second kappa shape index (κ2) is 6.16. The number of hydrogen-bond donors (Lipinski definition) is 1. The summed E-state index contributed by atoms with van der Waals surface area (Å²) in [7, 11) is 1.83. The average molecular weight is 323 g/mol. The van der Waals surface area contributed by atoms with Crippen molar-refractivity contribution in [3.63, 3.8) is 0 Å². The Labute approximate surface area is 136 Å². The number of carbonyl (C=O) groups excluding carboxylic acids is 1. The van der Waals surface area contributed by atoms with Crippen LogP contribution in [0.15, 0.2) is 5.38 Å². The molecule has 1 heterocycles. The lowest BCUT2D eigenvalue weighted by Crippen LogP contribution is -2.68. The number of aryl methyl sites for hydroxylation is 1. The van der Waals surface area contributed by atoms with E-state index < -0.39 is 0 Å². The van der Waals surface area contributed by atoms with Crippen molar-refractivity contribution in [3.05, 3.63) is 16.1 Å². The molecular weight excluding hydrogens is 298 g/mol. The van der Waals surface area contributed by atoms with E-state index in [0.717, 1.165) is 23.7 Å².